The molecular formula is C25H24ClN5O4S. The molecule has 186 valence electrons. The molecule has 5 rings (SSSR count). The zero-order chi connectivity index (χ0) is 25.1. The Labute approximate surface area is 214 Å². The maximum Gasteiger partial charge on any atom is 0.263 e. The molecule has 0 amide bonds. The van der Waals surface area contributed by atoms with Crippen LogP contribution in [0.3, 0.4) is 0 Å². The van der Waals surface area contributed by atoms with Crippen molar-refractivity contribution in [3.63, 3.8) is 0 Å². The molecule has 1 aromatic heterocycles. The Morgan fingerprint density at radius 2 is 1.67 bits per heavy atom. The summed E-state index contributed by atoms with van der Waals surface area (Å²) in [6, 6.07) is 19.1. The normalized spacial score (nSPS) is 14.0. The van der Waals surface area contributed by atoms with Gasteiger partial charge in [-0.1, -0.05) is 29.8 Å². The molecule has 0 bridgehead atoms. The van der Waals surface area contributed by atoms with Gasteiger partial charge >= 0.3 is 0 Å². The van der Waals surface area contributed by atoms with Crippen LogP contribution in [0.4, 0.5) is 23.0 Å². The topological polar surface area (TPSA) is 106 Å². The molecule has 1 saturated heterocycles. The quantitative estimate of drug-likeness (QED) is 0.358. The summed E-state index contributed by atoms with van der Waals surface area (Å²) in [5.74, 6) is 0.832. The minimum absolute atomic E-state index is 0.0457. The first-order valence-electron chi connectivity index (χ1n) is 11.3. The van der Waals surface area contributed by atoms with Crippen LogP contribution >= 0.6 is 11.6 Å². The number of ether oxygens (including phenoxy) is 2. The monoisotopic (exact) mass is 525 g/mol. The van der Waals surface area contributed by atoms with E-state index in [1.165, 1.54) is 0 Å². The minimum atomic E-state index is -3.99. The van der Waals surface area contributed by atoms with Crippen LogP contribution in [0.15, 0.2) is 71.6 Å². The summed E-state index contributed by atoms with van der Waals surface area (Å²) in [6.07, 6.45) is 0. The number of methoxy groups -OCH3 is 1. The van der Waals surface area contributed by atoms with Gasteiger partial charge in [0, 0.05) is 24.8 Å². The number of halogens is 1. The molecule has 36 heavy (non-hydrogen) atoms. The number of fused-ring (bicyclic) bond motifs is 1. The van der Waals surface area contributed by atoms with Crippen LogP contribution in [-0.4, -0.2) is 51.8 Å². The van der Waals surface area contributed by atoms with E-state index in [4.69, 9.17) is 21.1 Å². The zero-order valence-electron chi connectivity index (χ0n) is 19.4. The van der Waals surface area contributed by atoms with Gasteiger partial charge < -0.3 is 19.7 Å². The van der Waals surface area contributed by atoms with E-state index in [2.05, 4.69) is 24.9 Å². The largest absolute Gasteiger partial charge is 0.497 e. The van der Waals surface area contributed by atoms with E-state index in [0.29, 0.717) is 53.8 Å². The van der Waals surface area contributed by atoms with Crippen molar-refractivity contribution in [3.05, 3.63) is 71.8 Å². The molecule has 0 atom stereocenters. The minimum Gasteiger partial charge on any atom is -0.497 e. The van der Waals surface area contributed by atoms with Crippen LogP contribution < -0.4 is 19.7 Å². The highest BCUT2D eigenvalue weighted by Gasteiger charge is 2.21. The first kappa shape index (κ1) is 24.1. The summed E-state index contributed by atoms with van der Waals surface area (Å²) in [6.45, 7) is 2.60. The standard InChI is InChI=1S/C25H24ClN5O4S/c1-34-18-9-10-20(26)23(16-18)29-24-25(28-22-8-3-2-7-21(22)27-24)30-36(32,33)19-6-4-5-17(15-19)31-11-13-35-14-12-31/h2-10,15-16H,11-14H2,1H3,(H,27,29)(H,28,30). The molecule has 0 unspecified atom stereocenters. The highest BCUT2D eigenvalue weighted by molar-refractivity contribution is 7.92. The fourth-order valence-electron chi connectivity index (χ4n) is 3.87. The highest BCUT2D eigenvalue weighted by Crippen LogP contribution is 2.33. The number of anilines is 4. The fraction of sp³-hybridized carbons (Fsp3) is 0.200. The summed E-state index contributed by atoms with van der Waals surface area (Å²) < 4.78 is 40.2. The van der Waals surface area contributed by atoms with Gasteiger partial charge in [0.05, 0.1) is 47.0 Å². The van der Waals surface area contributed by atoms with E-state index in [0.717, 1.165) is 5.69 Å². The Kier molecular flexibility index (Phi) is 6.82. The van der Waals surface area contributed by atoms with E-state index in [9.17, 15) is 8.42 Å². The molecule has 4 aromatic rings. The second-order valence-electron chi connectivity index (χ2n) is 8.08. The lowest BCUT2D eigenvalue weighted by Crippen LogP contribution is -2.36. The molecule has 3 aromatic carbocycles. The Balaban J connectivity index is 1.52. The van der Waals surface area contributed by atoms with Crippen LogP contribution in [0.5, 0.6) is 5.75 Å². The van der Waals surface area contributed by atoms with Crippen LogP contribution in [0.1, 0.15) is 0 Å². The molecule has 2 N–H and O–H groups in total. The molecule has 11 heteroatoms. The second-order valence-corrected chi connectivity index (χ2v) is 10.2. The maximum absolute atomic E-state index is 13.4. The van der Waals surface area contributed by atoms with E-state index in [-0.39, 0.29) is 16.5 Å². The molecule has 1 fully saturated rings. The SMILES string of the molecule is COc1ccc(Cl)c(Nc2nc3ccccc3nc2NS(=O)(=O)c2cccc(N3CCOCC3)c2)c1. The predicted octanol–water partition coefficient (Wildman–Crippen LogP) is 4.67. The number of nitrogens with one attached hydrogen (secondary N) is 2. The summed E-state index contributed by atoms with van der Waals surface area (Å²) in [7, 11) is -2.44. The van der Waals surface area contributed by atoms with Crippen molar-refractivity contribution in [2.24, 2.45) is 0 Å². The lowest BCUT2D eigenvalue weighted by molar-refractivity contribution is 0.122. The average Bonchev–Trinajstić information content (AvgIpc) is 2.90. The lowest BCUT2D eigenvalue weighted by Gasteiger charge is -2.29. The van der Waals surface area contributed by atoms with Crippen LogP contribution in [0, 0.1) is 0 Å². The number of rotatable bonds is 7. The van der Waals surface area contributed by atoms with Crippen LogP contribution in [0.2, 0.25) is 5.02 Å². The first-order chi connectivity index (χ1) is 17.4. The lowest BCUT2D eigenvalue weighted by atomic mass is 10.2. The molecule has 1 aliphatic rings. The molecule has 0 radical (unpaired) electrons. The van der Waals surface area contributed by atoms with Crippen molar-refractivity contribution in [3.8, 4) is 5.75 Å². The molecule has 9 nitrogen and oxygen atoms in total. The number of morpholine rings is 1. The summed E-state index contributed by atoms with van der Waals surface area (Å²) >= 11 is 6.38. The molecule has 2 heterocycles. The Bertz CT molecular complexity index is 1510. The first-order valence-corrected chi connectivity index (χ1v) is 13.1. The third-order valence-electron chi connectivity index (χ3n) is 5.73. The zero-order valence-corrected chi connectivity index (χ0v) is 21.0. The van der Waals surface area contributed by atoms with Gasteiger partial charge in [0.1, 0.15) is 5.75 Å². The van der Waals surface area contributed by atoms with Crippen LogP contribution in [0.25, 0.3) is 11.0 Å². The van der Waals surface area contributed by atoms with Gasteiger partial charge in [0.2, 0.25) is 0 Å². The van der Waals surface area contributed by atoms with Gasteiger partial charge in [-0.05, 0) is 42.5 Å². The van der Waals surface area contributed by atoms with Gasteiger partial charge in [-0.25, -0.2) is 18.4 Å². The van der Waals surface area contributed by atoms with Gasteiger partial charge in [-0.3, -0.25) is 4.72 Å². The number of hydrogen-bond donors (Lipinski definition) is 2. The summed E-state index contributed by atoms with van der Waals surface area (Å²) in [5, 5.41) is 3.52. The van der Waals surface area contributed by atoms with E-state index in [1.807, 2.05) is 18.2 Å². The van der Waals surface area contributed by atoms with E-state index < -0.39 is 10.0 Å². The van der Waals surface area contributed by atoms with Gasteiger partial charge in [0.25, 0.3) is 10.0 Å². The van der Waals surface area contributed by atoms with E-state index >= 15 is 0 Å². The van der Waals surface area contributed by atoms with Crippen molar-refractivity contribution in [2.45, 2.75) is 4.90 Å². The third kappa shape index (κ3) is 5.15. The highest BCUT2D eigenvalue weighted by atomic mass is 35.5. The van der Waals surface area contributed by atoms with Crippen molar-refractivity contribution in [1.82, 2.24) is 9.97 Å². The number of para-hydroxylation sites is 2. The smallest absolute Gasteiger partial charge is 0.263 e. The molecule has 0 saturated carbocycles. The average molecular weight is 526 g/mol. The van der Waals surface area contributed by atoms with Gasteiger partial charge in [-0.15, -0.1) is 0 Å². The Morgan fingerprint density at radius 1 is 0.944 bits per heavy atom. The van der Waals surface area contributed by atoms with Gasteiger partial charge in [-0.2, -0.15) is 0 Å². The molecule has 0 spiro atoms. The van der Waals surface area contributed by atoms with Crippen molar-refractivity contribution < 1.29 is 17.9 Å². The summed E-state index contributed by atoms with van der Waals surface area (Å²) in [4.78, 5) is 11.4. The molecule has 0 aliphatic carbocycles. The van der Waals surface area contributed by atoms with Crippen molar-refractivity contribution in [2.75, 3.05) is 48.4 Å². The summed E-state index contributed by atoms with van der Waals surface area (Å²) in [5.41, 5.74) is 2.44. The van der Waals surface area contributed by atoms with Crippen molar-refractivity contribution in [1.29, 1.82) is 0 Å². The predicted molar refractivity (Wildman–Crippen MR) is 141 cm³/mol. The third-order valence-corrected chi connectivity index (χ3v) is 7.40. The Hall–Kier alpha value is -3.60. The maximum atomic E-state index is 13.4. The van der Waals surface area contributed by atoms with Crippen LogP contribution in [-0.2, 0) is 14.8 Å². The number of hydrogen-bond acceptors (Lipinski definition) is 8. The van der Waals surface area contributed by atoms with Gasteiger partial charge in [0.15, 0.2) is 11.6 Å². The van der Waals surface area contributed by atoms with Crippen molar-refractivity contribution >= 4 is 55.7 Å². The number of aromatic nitrogens is 2. The molecular weight excluding hydrogens is 502 g/mol. The number of benzene rings is 3. The number of sulfonamides is 1. The fourth-order valence-corrected chi connectivity index (χ4v) is 5.08. The Morgan fingerprint density at radius 3 is 2.39 bits per heavy atom. The second kappa shape index (κ2) is 10.2. The molecule has 1 aliphatic heterocycles. The number of nitrogens with zero attached hydrogens (tertiary/aromatic N) is 3. The van der Waals surface area contributed by atoms with E-state index in [1.54, 1.807) is 55.6 Å².